The second-order valence-electron chi connectivity index (χ2n) is 10.1. The lowest BCUT2D eigenvalue weighted by molar-refractivity contribution is -0.138. The van der Waals surface area contributed by atoms with E-state index in [2.05, 4.69) is 5.32 Å². The summed E-state index contributed by atoms with van der Waals surface area (Å²) >= 11 is 0. The number of nitrogens with zero attached hydrogens (tertiary/aromatic N) is 2. The molecule has 226 valence electrons. The van der Waals surface area contributed by atoms with E-state index in [1.54, 1.807) is 6.92 Å². The van der Waals surface area contributed by atoms with Crippen molar-refractivity contribution in [1.82, 2.24) is 10.2 Å². The largest absolute Gasteiger partial charge is 0.493 e. The van der Waals surface area contributed by atoms with Gasteiger partial charge in [0.15, 0.2) is 11.5 Å². The van der Waals surface area contributed by atoms with Crippen molar-refractivity contribution in [3.05, 3.63) is 84.2 Å². The number of benzene rings is 3. The van der Waals surface area contributed by atoms with E-state index in [-0.39, 0.29) is 34.7 Å². The maximum absolute atomic E-state index is 14.0. The third-order valence-electron chi connectivity index (χ3n) is 6.67. The van der Waals surface area contributed by atoms with Crippen molar-refractivity contribution in [2.75, 3.05) is 38.2 Å². The molecule has 0 spiro atoms. The predicted molar refractivity (Wildman–Crippen MR) is 160 cm³/mol. The maximum Gasteiger partial charge on any atom is 0.264 e. The molecule has 3 aromatic carbocycles. The SMILES string of the molecule is COc1ccc(S(=O)(=O)N(CC(=O)N(CCc2ccccc2)[C@@H](C)C(=O)NCC(C)C)c2ccc(F)cc2)cc1OC. The van der Waals surface area contributed by atoms with Crippen molar-refractivity contribution in [2.45, 2.75) is 38.1 Å². The quantitative estimate of drug-likeness (QED) is 0.297. The van der Waals surface area contributed by atoms with Gasteiger partial charge in [-0.2, -0.15) is 0 Å². The van der Waals surface area contributed by atoms with Crippen LogP contribution in [0.1, 0.15) is 26.3 Å². The molecular formula is C31H38FN3O6S. The highest BCUT2D eigenvalue weighted by molar-refractivity contribution is 7.92. The van der Waals surface area contributed by atoms with Crippen LogP contribution in [-0.4, -0.2) is 65.0 Å². The normalized spacial score (nSPS) is 12.0. The van der Waals surface area contributed by atoms with Crippen molar-refractivity contribution < 1.29 is 31.9 Å². The molecule has 0 bridgehead atoms. The van der Waals surface area contributed by atoms with Gasteiger partial charge in [0.05, 0.1) is 24.8 Å². The molecule has 0 unspecified atom stereocenters. The topological polar surface area (TPSA) is 105 Å². The van der Waals surface area contributed by atoms with Crippen molar-refractivity contribution in [3.63, 3.8) is 0 Å². The van der Waals surface area contributed by atoms with E-state index >= 15 is 0 Å². The van der Waals surface area contributed by atoms with Gasteiger partial charge in [0.1, 0.15) is 18.4 Å². The van der Waals surface area contributed by atoms with Gasteiger partial charge in [-0.1, -0.05) is 44.2 Å². The van der Waals surface area contributed by atoms with Crippen LogP contribution in [0, 0.1) is 11.7 Å². The molecule has 0 fully saturated rings. The zero-order valence-corrected chi connectivity index (χ0v) is 25.4. The summed E-state index contributed by atoms with van der Waals surface area (Å²) < 4.78 is 53.2. The number of sulfonamides is 1. The summed E-state index contributed by atoms with van der Waals surface area (Å²) in [6.07, 6.45) is 0.452. The molecule has 0 radical (unpaired) electrons. The van der Waals surface area contributed by atoms with Gasteiger partial charge >= 0.3 is 0 Å². The first kappa shape index (κ1) is 32.4. The van der Waals surface area contributed by atoms with Gasteiger partial charge < -0.3 is 19.7 Å². The van der Waals surface area contributed by atoms with Crippen LogP contribution in [0.5, 0.6) is 11.5 Å². The highest BCUT2D eigenvalue weighted by Gasteiger charge is 2.33. The molecule has 3 aromatic rings. The number of amides is 2. The number of ether oxygens (including phenoxy) is 2. The molecule has 0 saturated carbocycles. The Kier molecular flexibility index (Phi) is 11.3. The summed E-state index contributed by atoms with van der Waals surface area (Å²) in [6, 6.07) is 17.5. The van der Waals surface area contributed by atoms with Crippen molar-refractivity contribution in [1.29, 1.82) is 0 Å². The molecule has 3 rings (SSSR count). The Balaban J connectivity index is 2.00. The monoisotopic (exact) mass is 599 g/mol. The van der Waals surface area contributed by atoms with E-state index in [9.17, 15) is 22.4 Å². The number of carbonyl (C=O) groups excluding carboxylic acids is 2. The van der Waals surface area contributed by atoms with Gasteiger partial charge in [0.25, 0.3) is 10.0 Å². The second kappa shape index (κ2) is 14.7. The lowest BCUT2D eigenvalue weighted by atomic mass is 10.1. The van der Waals surface area contributed by atoms with Crippen LogP contribution in [0.15, 0.2) is 77.7 Å². The number of methoxy groups -OCH3 is 2. The van der Waals surface area contributed by atoms with E-state index in [1.165, 1.54) is 49.5 Å². The van der Waals surface area contributed by atoms with E-state index in [0.717, 1.165) is 22.0 Å². The summed E-state index contributed by atoms with van der Waals surface area (Å²) in [7, 11) is -1.55. The highest BCUT2D eigenvalue weighted by atomic mass is 32.2. The van der Waals surface area contributed by atoms with Gasteiger partial charge in [-0.25, -0.2) is 12.8 Å². The number of hydrogen-bond donors (Lipinski definition) is 1. The van der Waals surface area contributed by atoms with E-state index in [0.29, 0.717) is 18.7 Å². The third-order valence-corrected chi connectivity index (χ3v) is 8.44. The van der Waals surface area contributed by atoms with E-state index in [4.69, 9.17) is 9.47 Å². The molecule has 0 aliphatic rings. The summed E-state index contributed by atoms with van der Waals surface area (Å²) in [5.74, 6) is -0.783. The Morgan fingerprint density at radius 3 is 2.14 bits per heavy atom. The summed E-state index contributed by atoms with van der Waals surface area (Å²) in [5, 5.41) is 2.85. The van der Waals surface area contributed by atoms with Gasteiger partial charge in [-0.15, -0.1) is 0 Å². The predicted octanol–water partition coefficient (Wildman–Crippen LogP) is 4.27. The first-order valence-corrected chi connectivity index (χ1v) is 15.0. The Bertz CT molecular complexity index is 1450. The van der Waals surface area contributed by atoms with E-state index < -0.39 is 34.3 Å². The van der Waals surface area contributed by atoms with Crippen LogP contribution >= 0.6 is 0 Å². The molecule has 2 amide bonds. The lowest BCUT2D eigenvalue weighted by Gasteiger charge is -2.32. The number of hydrogen-bond acceptors (Lipinski definition) is 6. The number of anilines is 1. The minimum absolute atomic E-state index is 0.0828. The average molecular weight is 600 g/mol. The smallest absolute Gasteiger partial charge is 0.264 e. The van der Waals surface area contributed by atoms with E-state index in [1.807, 2.05) is 44.2 Å². The van der Waals surface area contributed by atoms with Crippen LogP contribution in [-0.2, 0) is 26.0 Å². The molecule has 0 aliphatic carbocycles. The van der Waals surface area contributed by atoms with Gasteiger partial charge in [-0.05, 0) is 61.2 Å². The van der Waals surface area contributed by atoms with Crippen LogP contribution in [0.3, 0.4) is 0 Å². The van der Waals surface area contributed by atoms with Gasteiger partial charge in [-0.3, -0.25) is 13.9 Å². The molecule has 9 nitrogen and oxygen atoms in total. The van der Waals surface area contributed by atoms with Crippen molar-refractivity contribution in [3.8, 4) is 11.5 Å². The zero-order chi connectivity index (χ0) is 30.9. The first-order chi connectivity index (χ1) is 20.0. The number of halogens is 1. The molecule has 0 saturated heterocycles. The Morgan fingerprint density at radius 1 is 0.905 bits per heavy atom. The van der Waals surface area contributed by atoms with Crippen LogP contribution in [0.2, 0.25) is 0 Å². The fourth-order valence-electron chi connectivity index (χ4n) is 4.26. The first-order valence-electron chi connectivity index (χ1n) is 13.6. The third kappa shape index (κ3) is 8.22. The minimum atomic E-state index is -4.36. The highest BCUT2D eigenvalue weighted by Crippen LogP contribution is 2.32. The van der Waals surface area contributed by atoms with Gasteiger partial charge in [0, 0.05) is 19.2 Å². The van der Waals surface area contributed by atoms with Crippen molar-refractivity contribution >= 4 is 27.5 Å². The van der Waals surface area contributed by atoms with Crippen LogP contribution in [0.25, 0.3) is 0 Å². The summed E-state index contributed by atoms with van der Waals surface area (Å²) in [4.78, 5) is 28.2. The number of rotatable bonds is 14. The standard InChI is InChI=1S/C31H38FN3O6S/c1-22(2)20-33-31(37)23(3)34(18-17-24-9-7-6-8-10-24)30(36)21-35(26-13-11-25(32)12-14-26)42(38,39)27-15-16-28(40-4)29(19-27)41-5/h6-16,19,22-23H,17-18,20-21H2,1-5H3,(H,33,37)/t23-/m0/s1. The Hall–Kier alpha value is -4.12. The molecule has 0 heterocycles. The number of carbonyl (C=O) groups is 2. The fourth-order valence-corrected chi connectivity index (χ4v) is 5.69. The molecular weight excluding hydrogens is 561 g/mol. The summed E-state index contributed by atoms with van der Waals surface area (Å²) in [6.45, 7) is 5.51. The Labute approximate surface area is 247 Å². The average Bonchev–Trinajstić information content (AvgIpc) is 2.99. The molecule has 11 heteroatoms. The minimum Gasteiger partial charge on any atom is -0.493 e. The van der Waals surface area contributed by atoms with Crippen LogP contribution in [0.4, 0.5) is 10.1 Å². The maximum atomic E-state index is 14.0. The molecule has 0 aliphatic heterocycles. The van der Waals surface area contributed by atoms with Gasteiger partial charge in [0.2, 0.25) is 11.8 Å². The molecule has 1 N–H and O–H groups in total. The fraction of sp³-hybridized carbons (Fsp3) is 0.355. The summed E-state index contributed by atoms with van der Waals surface area (Å²) in [5.41, 5.74) is 1.04. The second-order valence-corrected chi connectivity index (χ2v) is 12.0. The molecule has 1 atom stereocenters. The molecule has 0 aromatic heterocycles. The number of nitrogens with one attached hydrogen (secondary N) is 1. The molecule has 42 heavy (non-hydrogen) atoms. The Morgan fingerprint density at radius 2 is 1.55 bits per heavy atom. The van der Waals surface area contributed by atoms with Crippen molar-refractivity contribution in [2.24, 2.45) is 5.92 Å². The zero-order valence-electron chi connectivity index (χ0n) is 24.5. The lowest BCUT2D eigenvalue weighted by Crippen LogP contribution is -2.52. The van der Waals surface area contributed by atoms with Crippen LogP contribution < -0.4 is 19.1 Å².